The molecule has 1 N–H and O–H groups in total. The van der Waals surface area contributed by atoms with Gasteiger partial charge in [-0.3, -0.25) is 14.6 Å². The lowest BCUT2D eigenvalue weighted by Crippen LogP contribution is -2.43. The lowest BCUT2D eigenvalue weighted by molar-refractivity contribution is -0.121. The number of aromatic nitrogens is 3. The number of benzene rings is 1. The number of carbonyl (C=O) groups excluding carboxylic acids is 2. The number of hydrogen-bond donors (Lipinski definition) is 1. The minimum absolute atomic E-state index is 0.138. The summed E-state index contributed by atoms with van der Waals surface area (Å²) in [6, 6.07) is 10.8. The van der Waals surface area contributed by atoms with E-state index < -0.39 is 0 Å². The van der Waals surface area contributed by atoms with E-state index in [-0.39, 0.29) is 17.7 Å². The molecule has 3 aromatic rings. The van der Waals surface area contributed by atoms with Crippen LogP contribution in [0.2, 0.25) is 0 Å². The minimum Gasteiger partial charge on any atom is -0.454 e. The number of carbonyl (C=O) groups is 2. The van der Waals surface area contributed by atoms with Crippen LogP contribution >= 0.6 is 11.7 Å². The van der Waals surface area contributed by atoms with Crippen molar-refractivity contribution in [1.82, 2.24) is 18.6 Å². The van der Waals surface area contributed by atoms with Gasteiger partial charge in [0.25, 0.3) is 5.91 Å². The summed E-state index contributed by atoms with van der Waals surface area (Å²) in [6.45, 7) is 0.967. The molecular formula is C20H19N5O3S. The van der Waals surface area contributed by atoms with Gasteiger partial charge in [0.2, 0.25) is 5.91 Å². The van der Waals surface area contributed by atoms with Gasteiger partial charge in [-0.15, -0.1) is 0 Å². The first-order chi connectivity index (χ1) is 14.2. The van der Waals surface area contributed by atoms with Crippen LogP contribution < -0.4 is 10.1 Å². The summed E-state index contributed by atoms with van der Waals surface area (Å²) in [7, 11) is 0. The Kier molecular flexibility index (Phi) is 5.76. The van der Waals surface area contributed by atoms with Crippen molar-refractivity contribution in [3.8, 4) is 11.5 Å². The van der Waals surface area contributed by atoms with E-state index >= 15 is 0 Å². The Hall–Kier alpha value is -3.33. The number of amides is 2. The van der Waals surface area contributed by atoms with Crippen LogP contribution in [0.15, 0.2) is 55.0 Å². The van der Waals surface area contributed by atoms with Crippen LogP contribution in [0.4, 0.5) is 5.69 Å². The Labute approximate surface area is 171 Å². The Morgan fingerprint density at radius 2 is 2.07 bits per heavy atom. The molecule has 0 bridgehead atoms. The number of nitrogens with zero attached hydrogens (tertiary/aromatic N) is 4. The average molecular weight is 409 g/mol. The molecule has 0 spiro atoms. The van der Waals surface area contributed by atoms with Crippen molar-refractivity contribution in [3.63, 3.8) is 0 Å². The first-order valence-corrected chi connectivity index (χ1v) is 9.98. The number of anilines is 1. The van der Waals surface area contributed by atoms with Gasteiger partial charge in [0, 0.05) is 19.3 Å². The summed E-state index contributed by atoms with van der Waals surface area (Å²) in [5, 5.41) is 2.95. The first kappa shape index (κ1) is 19.0. The maximum absolute atomic E-state index is 12.9. The maximum Gasteiger partial charge on any atom is 0.275 e. The number of rotatable bonds is 5. The fourth-order valence-corrected chi connectivity index (χ4v) is 3.63. The number of ether oxygens (including phenoxy) is 1. The van der Waals surface area contributed by atoms with Crippen LogP contribution in [0.3, 0.4) is 0 Å². The van der Waals surface area contributed by atoms with Crippen LogP contribution in [-0.2, 0) is 4.79 Å². The zero-order valence-electron chi connectivity index (χ0n) is 15.5. The van der Waals surface area contributed by atoms with Gasteiger partial charge in [-0.2, -0.15) is 8.75 Å². The molecule has 1 aliphatic rings. The normalized spacial score (nSPS) is 16.3. The third-order valence-corrected chi connectivity index (χ3v) is 5.14. The van der Waals surface area contributed by atoms with Gasteiger partial charge in [0.15, 0.2) is 11.4 Å². The van der Waals surface area contributed by atoms with Crippen LogP contribution in [0.5, 0.6) is 11.5 Å². The van der Waals surface area contributed by atoms with E-state index in [0.717, 1.165) is 24.6 Å². The molecule has 1 aliphatic heterocycles. The van der Waals surface area contributed by atoms with E-state index in [9.17, 15) is 9.59 Å². The Morgan fingerprint density at radius 1 is 1.17 bits per heavy atom. The number of piperidine rings is 1. The molecule has 2 aromatic heterocycles. The molecule has 1 atom stereocenters. The summed E-state index contributed by atoms with van der Waals surface area (Å²) in [5.41, 5.74) is 0.903. The van der Waals surface area contributed by atoms with Gasteiger partial charge >= 0.3 is 0 Å². The number of hydrogen-bond acceptors (Lipinski definition) is 7. The predicted molar refractivity (Wildman–Crippen MR) is 108 cm³/mol. The lowest BCUT2D eigenvalue weighted by atomic mass is 9.96. The molecule has 0 unspecified atom stereocenters. The number of nitrogens with one attached hydrogen (secondary N) is 1. The summed E-state index contributed by atoms with van der Waals surface area (Å²) in [4.78, 5) is 31.1. The number of pyridine rings is 1. The molecule has 3 heterocycles. The predicted octanol–water partition coefficient (Wildman–Crippen LogP) is 3.22. The van der Waals surface area contributed by atoms with Crippen molar-refractivity contribution in [1.29, 1.82) is 0 Å². The molecule has 29 heavy (non-hydrogen) atoms. The Bertz CT molecular complexity index is 981. The molecule has 0 radical (unpaired) electrons. The SMILES string of the molecule is O=C(Nc1ccccc1Oc1cccnc1)[C@H]1CCCN(C(=O)c2cnsn2)C1. The molecule has 9 heteroatoms. The molecule has 0 aliphatic carbocycles. The van der Waals surface area contributed by atoms with E-state index in [1.165, 1.54) is 6.20 Å². The van der Waals surface area contributed by atoms with Gasteiger partial charge < -0.3 is 15.0 Å². The zero-order valence-corrected chi connectivity index (χ0v) is 16.3. The van der Waals surface area contributed by atoms with E-state index in [4.69, 9.17) is 4.74 Å². The third-order valence-electron chi connectivity index (χ3n) is 4.67. The van der Waals surface area contributed by atoms with Crippen LogP contribution in [-0.4, -0.2) is 43.5 Å². The standard InChI is InChI=1S/C20H19N5O3S/c26-19(14-5-4-10-25(13-14)20(27)17-12-22-29-24-17)23-16-7-1-2-8-18(16)28-15-6-3-9-21-11-15/h1-3,6-9,11-12,14H,4-5,10,13H2,(H,23,26)/t14-/m0/s1. The highest BCUT2D eigenvalue weighted by Crippen LogP contribution is 2.30. The van der Waals surface area contributed by atoms with Crippen molar-refractivity contribution in [2.45, 2.75) is 12.8 Å². The third kappa shape index (κ3) is 4.57. The van der Waals surface area contributed by atoms with E-state index in [1.807, 2.05) is 12.1 Å². The maximum atomic E-state index is 12.9. The van der Waals surface area contributed by atoms with Gasteiger partial charge in [-0.25, -0.2) is 0 Å². The second kappa shape index (κ2) is 8.78. The largest absolute Gasteiger partial charge is 0.454 e. The van der Waals surface area contributed by atoms with Crippen molar-refractivity contribution in [2.75, 3.05) is 18.4 Å². The molecule has 1 aromatic carbocycles. The fraction of sp³-hybridized carbons (Fsp3) is 0.250. The first-order valence-electron chi connectivity index (χ1n) is 9.25. The summed E-state index contributed by atoms with van der Waals surface area (Å²) in [6.07, 6.45) is 6.21. The highest BCUT2D eigenvalue weighted by Gasteiger charge is 2.30. The van der Waals surface area contributed by atoms with E-state index in [2.05, 4.69) is 19.0 Å². The molecule has 2 amide bonds. The molecule has 8 nitrogen and oxygen atoms in total. The average Bonchev–Trinajstić information content (AvgIpc) is 3.30. The molecule has 0 saturated carbocycles. The quantitative estimate of drug-likeness (QED) is 0.695. The zero-order chi connectivity index (χ0) is 20.1. The van der Waals surface area contributed by atoms with Crippen molar-refractivity contribution in [2.24, 2.45) is 5.92 Å². The summed E-state index contributed by atoms with van der Waals surface area (Å²) in [5.74, 6) is 0.495. The van der Waals surface area contributed by atoms with Gasteiger partial charge in [-0.1, -0.05) is 12.1 Å². The minimum atomic E-state index is -0.300. The molecule has 148 valence electrons. The number of para-hydroxylation sites is 2. The topological polar surface area (TPSA) is 97.3 Å². The van der Waals surface area contributed by atoms with Gasteiger partial charge in [0.1, 0.15) is 5.75 Å². The van der Waals surface area contributed by atoms with Crippen molar-refractivity contribution >= 4 is 29.2 Å². The Balaban J connectivity index is 1.43. The molecule has 1 saturated heterocycles. The molecule has 1 fully saturated rings. The van der Waals surface area contributed by atoms with Crippen molar-refractivity contribution < 1.29 is 14.3 Å². The lowest BCUT2D eigenvalue weighted by Gasteiger charge is -2.31. The number of likely N-dealkylation sites (tertiary alicyclic amines) is 1. The highest BCUT2D eigenvalue weighted by atomic mass is 32.1. The highest BCUT2D eigenvalue weighted by molar-refractivity contribution is 6.99. The van der Waals surface area contributed by atoms with Crippen LogP contribution in [0, 0.1) is 5.92 Å². The monoisotopic (exact) mass is 409 g/mol. The summed E-state index contributed by atoms with van der Waals surface area (Å²) < 4.78 is 13.7. The van der Waals surface area contributed by atoms with Crippen LogP contribution in [0.25, 0.3) is 0 Å². The van der Waals surface area contributed by atoms with Crippen LogP contribution in [0.1, 0.15) is 23.3 Å². The second-order valence-corrected chi connectivity index (χ2v) is 7.22. The van der Waals surface area contributed by atoms with Gasteiger partial charge in [-0.05, 0) is 37.1 Å². The van der Waals surface area contributed by atoms with Gasteiger partial charge in [0.05, 0.1) is 35.7 Å². The smallest absolute Gasteiger partial charge is 0.275 e. The summed E-state index contributed by atoms with van der Waals surface area (Å²) >= 11 is 0.998. The Morgan fingerprint density at radius 3 is 2.86 bits per heavy atom. The van der Waals surface area contributed by atoms with E-state index in [0.29, 0.717) is 36.0 Å². The van der Waals surface area contributed by atoms with E-state index in [1.54, 1.807) is 41.6 Å². The molecule has 4 rings (SSSR count). The molecular weight excluding hydrogens is 390 g/mol. The second-order valence-electron chi connectivity index (χ2n) is 6.66. The fourth-order valence-electron chi connectivity index (χ4n) is 3.22. The van der Waals surface area contributed by atoms with Crippen molar-refractivity contribution in [3.05, 3.63) is 60.7 Å².